The second kappa shape index (κ2) is 6.91. The highest BCUT2D eigenvalue weighted by Gasteiger charge is 2.30. The van der Waals surface area contributed by atoms with Gasteiger partial charge in [-0.15, -0.1) is 0 Å². The van der Waals surface area contributed by atoms with E-state index in [1.54, 1.807) is 20.0 Å². The number of fused-ring (bicyclic) bond motifs is 3. The molecule has 0 aromatic carbocycles. The van der Waals surface area contributed by atoms with Crippen molar-refractivity contribution in [3.8, 4) is 11.3 Å². The average molecular weight is 380 g/mol. The molecule has 0 bridgehead atoms. The third kappa shape index (κ3) is 3.57. The predicted molar refractivity (Wildman–Crippen MR) is 104 cm³/mol. The Morgan fingerprint density at radius 3 is 2.89 bits per heavy atom. The van der Waals surface area contributed by atoms with Crippen molar-refractivity contribution >= 4 is 5.91 Å². The number of aliphatic hydroxyl groups is 1. The van der Waals surface area contributed by atoms with Crippen molar-refractivity contribution < 1.29 is 14.3 Å². The Labute approximate surface area is 163 Å². The summed E-state index contributed by atoms with van der Waals surface area (Å²) in [6.07, 6.45) is 5.38. The van der Waals surface area contributed by atoms with E-state index in [1.165, 1.54) is 0 Å². The Kier molecular flexibility index (Phi) is 4.55. The van der Waals surface area contributed by atoms with Crippen LogP contribution in [0.1, 0.15) is 47.0 Å². The van der Waals surface area contributed by atoms with Crippen LogP contribution < -0.4 is 5.32 Å². The number of hydrogen-bond donors (Lipinski definition) is 2. The fourth-order valence-corrected chi connectivity index (χ4v) is 3.50. The fraction of sp³-hybridized carbons (Fsp3) is 0.381. The normalized spacial score (nSPS) is 13.1. The number of carbonyl (C=O) groups is 1. The molecule has 0 fully saturated rings. The van der Waals surface area contributed by atoms with Gasteiger partial charge in [0.25, 0.3) is 5.91 Å². The molecule has 0 spiro atoms. The molecule has 3 heterocycles. The molecule has 0 radical (unpaired) electrons. The van der Waals surface area contributed by atoms with Gasteiger partial charge in [-0.3, -0.25) is 14.5 Å². The number of furan rings is 1. The summed E-state index contributed by atoms with van der Waals surface area (Å²) in [5.41, 5.74) is 3.68. The molecule has 0 saturated carbocycles. The molecule has 0 atom stereocenters. The summed E-state index contributed by atoms with van der Waals surface area (Å²) in [7, 11) is 0. The summed E-state index contributed by atoms with van der Waals surface area (Å²) in [5, 5.41) is 17.3. The van der Waals surface area contributed by atoms with Crippen LogP contribution in [0.4, 0.5) is 0 Å². The minimum absolute atomic E-state index is 0.153. The number of nitrogens with zero attached hydrogens (tertiary/aromatic N) is 3. The minimum atomic E-state index is -0.979. The van der Waals surface area contributed by atoms with E-state index in [0.717, 1.165) is 46.7 Å². The van der Waals surface area contributed by atoms with E-state index in [2.05, 4.69) is 10.3 Å². The number of pyridine rings is 1. The highest BCUT2D eigenvalue weighted by Crippen LogP contribution is 2.38. The van der Waals surface area contributed by atoms with Crippen LogP contribution in [0.2, 0.25) is 0 Å². The second-order valence-corrected chi connectivity index (χ2v) is 7.87. The molecular weight excluding hydrogens is 356 g/mol. The van der Waals surface area contributed by atoms with E-state index >= 15 is 0 Å². The van der Waals surface area contributed by atoms with Gasteiger partial charge in [0.1, 0.15) is 5.76 Å². The number of hydrogen-bond acceptors (Lipinski definition) is 5. The topological polar surface area (TPSA) is 93.2 Å². The molecule has 4 rings (SSSR count). The number of rotatable bonds is 5. The zero-order chi connectivity index (χ0) is 19.9. The largest absolute Gasteiger partial charge is 0.455 e. The highest BCUT2D eigenvalue weighted by molar-refractivity contribution is 5.95. The predicted octanol–water partition coefficient (Wildman–Crippen LogP) is 2.49. The maximum atomic E-state index is 12.5. The third-order valence-corrected chi connectivity index (χ3v) is 4.85. The molecule has 7 nitrogen and oxygen atoms in total. The first kappa shape index (κ1) is 18.4. The van der Waals surface area contributed by atoms with Crippen LogP contribution in [-0.4, -0.2) is 37.9 Å². The Morgan fingerprint density at radius 1 is 1.36 bits per heavy atom. The summed E-state index contributed by atoms with van der Waals surface area (Å²) in [6.45, 7) is 5.93. The van der Waals surface area contributed by atoms with Crippen molar-refractivity contribution in [3.63, 3.8) is 0 Å². The maximum absolute atomic E-state index is 12.5. The van der Waals surface area contributed by atoms with Gasteiger partial charge >= 0.3 is 0 Å². The van der Waals surface area contributed by atoms with Crippen LogP contribution in [0.3, 0.4) is 0 Å². The van der Waals surface area contributed by atoms with E-state index in [0.29, 0.717) is 12.3 Å². The van der Waals surface area contributed by atoms with Crippen LogP contribution in [0.5, 0.6) is 0 Å². The summed E-state index contributed by atoms with van der Waals surface area (Å²) in [4.78, 5) is 16.9. The Balaban J connectivity index is 1.62. The lowest BCUT2D eigenvalue weighted by Crippen LogP contribution is -2.38. The summed E-state index contributed by atoms with van der Waals surface area (Å²) in [6, 6.07) is 5.83. The second-order valence-electron chi connectivity index (χ2n) is 7.87. The lowest BCUT2D eigenvalue weighted by atomic mass is 9.93. The summed E-state index contributed by atoms with van der Waals surface area (Å²) in [5.74, 6) is 0.770. The first-order valence-corrected chi connectivity index (χ1v) is 9.41. The van der Waals surface area contributed by atoms with Gasteiger partial charge in [-0.2, -0.15) is 5.10 Å². The molecule has 1 amide bonds. The molecule has 0 saturated heterocycles. The van der Waals surface area contributed by atoms with Crippen LogP contribution in [0, 0.1) is 6.92 Å². The standard InChI is InChI=1S/C21H24N4O3/c1-13-17-16(28-19(13)20(26)23-12-21(2,3)27)8-7-14-10-25(24-18(14)17)11-15-6-4-5-9-22-15/h4-6,9-10,27H,7-8,11-12H2,1-3H3,(H,23,26). The van der Waals surface area contributed by atoms with E-state index < -0.39 is 5.60 Å². The van der Waals surface area contributed by atoms with Gasteiger partial charge in [0.15, 0.2) is 5.76 Å². The first-order chi connectivity index (χ1) is 13.3. The quantitative estimate of drug-likeness (QED) is 0.709. The molecule has 2 N–H and O–H groups in total. The van der Waals surface area contributed by atoms with Crippen LogP contribution in [0.15, 0.2) is 35.0 Å². The number of nitrogens with one attached hydrogen (secondary N) is 1. The van der Waals surface area contributed by atoms with Crippen LogP contribution in [0.25, 0.3) is 11.3 Å². The minimum Gasteiger partial charge on any atom is -0.455 e. The molecular formula is C21H24N4O3. The summed E-state index contributed by atoms with van der Waals surface area (Å²) >= 11 is 0. The molecule has 7 heteroatoms. The van der Waals surface area contributed by atoms with Gasteiger partial charge in [0, 0.05) is 36.5 Å². The van der Waals surface area contributed by atoms with Crippen LogP contribution >= 0.6 is 0 Å². The van der Waals surface area contributed by atoms with E-state index in [4.69, 9.17) is 9.52 Å². The van der Waals surface area contributed by atoms with Crippen molar-refractivity contribution in [1.82, 2.24) is 20.1 Å². The van der Waals surface area contributed by atoms with Crippen molar-refractivity contribution in [2.45, 2.75) is 45.8 Å². The number of aryl methyl sites for hydroxylation is 2. The molecule has 3 aromatic rings. The van der Waals surface area contributed by atoms with Crippen LogP contribution in [-0.2, 0) is 19.4 Å². The number of carbonyl (C=O) groups excluding carboxylic acids is 1. The van der Waals surface area contributed by atoms with Gasteiger partial charge in [-0.05, 0) is 44.9 Å². The molecule has 0 unspecified atom stereocenters. The lowest BCUT2D eigenvalue weighted by molar-refractivity contribution is 0.0679. The smallest absolute Gasteiger partial charge is 0.287 e. The number of aromatic nitrogens is 3. The van der Waals surface area contributed by atoms with E-state index in [9.17, 15) is 9.90 Å². The van der Waals surface area contributed by atoms with Crippen molar-refractivity contribution in [1.29, 1.82) is 0 Å². The fourth-order valence-electron chi connectivity index (χ4n) is 3.50. The monoisotopic (exact) mass is 380 g/mol. The lowest BCUT2D eigenvalue weighted by Gasteiger charge is -2.17. The number of amides is 1. The van der Waals surface area contributed by atoms with E-state index in [1.807, 2.05) is 36.0 Å². The van der Waals surface area contributed by atoms with Crippen molar-refractivity contribution in [2.24, 2.45) is 0 Å². The first-order valence-electron chi connectivity index (χ1n) is 9.41. The van der Waals surface area contributed by atoms with Gasteiger partial charge in [-0.1, -0.05) is 6.07 Å². The molecule has 0 aliphatic heterocycles. The third-order valence-electron chi connectivity index (χ3n) is 4.85. The van der Waals surface area contributed by atoms with E-state index in [-0.39, 0.29) is 12.5 Å². The molecule has 1 aliphatic carbocycles. The Hall–Kier alpha value is -2.93. The molecule has 3 aromatic heterocycles. The zero-order valence-electron chi connectivity index (χ0n) is 16.3. The Morgan fingerprint density at radius 2 is 2.18 bits per heavy atom. The zero-order valence-corrected chi connectivity index (χ0v) is 16.3. The molecule has 146 valence electrons. The maximum Gasteiger partial charge on any atom is 0.287 e. The molecule has 1 aliphatic rings. The average Bonchev–Trinajstić information content (AvgIpc) is 3.20. The van der Waals surface area contributed by atoms with Gasteiger partial charge in [0.05, 0.1) is 23.5 Å². The summed E-state index contributed by atoms with van der Waals surface area (Å²) < 4.78 is 7.78. The molecule has 28 heavy (non-hydrogen) atoms. The van der Waals surface area contributed by atoms with Crippen molar-refractivity contribution in [3.05, 3.63) is 58.9 Å². The SMILES string of the molecule is Cc1c(C(=O)NCC(C)(C)O)oc2c1-c1nn(Cc3ccccn3)cc1CC2. The van der Waals surface area contributed by atoms with Gasteiger partial charge in [0.2, 0.25) is 0 Å². The van der Waals surface area contributed by atoms with Gasteiger partial charge < -0.3 is 14.8 Å². The van der Waals surface area contributed by atoms with Crippen molar-refractivity contribution in [2.75, 3.05) is 6.54 Å². The Bertz CT molecular complexity index is 1010. The highest BCUT2D eigenvalue weighted by atomic mass is 16.4. The van der Waals surface area contributed by atoms with Gasteiger partial charge in [-0.25, -0.2) is 0 Å².